The molecule has 25 heavy (non-hydrogen) atoms. The molecule has 1 aliphatic carbocycles. The highest BCUT2D eigenvalue weighted by molar-refractivity contribution is 5.85. The molecular weight excluding hydrogens is 376 g/mol. The lowest BCUT2D eigenvalue weighted by molar-refractivity contribution is -0.275. The third-order valence-corrected chi connectivity index (χ3v) is 4.85. The Balaban J connectivity index is 0.00000156. The first kappa shape index (κ1) is 22.4. The Hall–Kier alpha value is -0.690. The van der Waals surface area contributed by atoms with E-state index in [0.717, 1.165) is 51.9 Å². The van der Waals surface area contributed by atoms with Crippen molar-refractivity contribution in [2.24, 2.45) is 5.92 Å². The van der Waals surface area contributed by atoms with Gasteiger partial charge in [0.15, 0.2) is 0 Å². The van der Waals surface area contributed by atoms with Gasteiger partial charge in [0, 0.05) is 37.8 Å². The first-order valence-electron chi connectivity index (χ1n) is 8.34. The van der Waals surface area contributed by atoms with Gasteiger partial charge in [0.25, 0.3) is 0 Å². The molecule has 3 rings (SSSR count). The van der Waals surface area contributed by atoms with Crippen molar-refractivity contribution in [3.63, 3.8) is 0 Å². The molecule has 2 fully saturated rings. The minimum atomic E-state index is -4.65. The Bertz CT molecular complexity index is 519. The van der Waals surface area contributed by atoms with Crippen molar-refractivity contribution >= 4 is 24.8 Å². The Morgan fingerprint density at radius 1 is 1.04 bits per heavy atom. The lowest BCUT2D eigenvalue weighted by Crippen LogP contribution is -2.46. The summed E-state index contributed by atoms with van der Waals surface area (Å²) < 4.78 is 42.6. The van der Waals surface area contributed by atoms with Crippen molar-refractivity contribution in [2.75, 3.05) is 26.2 Å². The normalized spacial score (nSPS) is 20.4. The minimum Gasteiger partial charge on any atom is -0.405 e. The van der Waals surface area contributed by atoms with E-state index in [1.807, 2.05) is 6.07 Å². The summed E-state index contributed by atoms with van der Waals surface area (Å²) in [6.07, 6.45) is -0.172. The topological polar surface area (TPSA) is 24.5 Å². The van der Waals surface area contributed by atoms with E-state index in [1.54, 1.807) is 12.1 Å². The van der Waals surface area contributed by atoms with Gasteiger partial charge in [-0.05, 0) is 24.8 Å². The molecule has 1 saturated heterocycles. The fraction of sp³-hybridized carbons (Fsp3) is 0.647. The standard InChI is InChI=1S/C17H23F3N2O.2ClH/c18-17(19,20)23-15-8-4-3-7-14(15)16(13-5-1-2-6-13)22-11-9-21-10-12-22;;/h3-4,7-8,13,16,21H,1-2,5-6,9-12H2;2*1H/t16-;;/m0../s1. The van der Waals surface area contributed by atoms with E-state index >= 15 is 0 Å². The zero-order valence-electron chi connectivity index (χ0n) is 13.9. The largest absolute Gasteiger partial charge is 0.573 e. The number of nitrogens with one attached hydrogen (secondary N) is 1. The number of halogens is 5. The van der Waals surface area contributed by atoms with Gasteiger partial charge in [-0.15, -0.1) is 38.0 Å². The van der Waals surface area contributed by atoms with E-state index in [0.29, 0.717) is 11.5 Å². The lowest BCUT2D eigenvalue weighted by Gasteiger charge is -2.39. The van der Waals surface area contributed by atoms with Crippen LogP contribution < -0.4 is 10.1 Å². The van der Waals surface area contributed by atoms with E-state index in [2.05, 4.69) is 15.0 Å². The number of hydrogen-bond donors (Lipinski definition) is 1. The second-order valence-corrected chi connectivity index (χ2v) is 6.36. The highest BCUT2D eigenvalue weighted by Gasteiger charge is 2.37. The van der Waals surface area contributed by atoms with Crippen LogP contribution in [0.25, 0.3) is 0 Å². The number of alkyl halides is 3. The smallest absolute Gasteiger partial charge is 0.405 e. The number of ether oxygens (including phenoxy) is 1. The van der Waals surface area contributed by atoms with E-state index in [4.69, 9.17) is 0 Å². The van der Waals surface area contributed by atoms with Gasteiger partial charge in [0.05, 0.1) is 0 Å². The van der Waals surface area contributed by atoms with E-state index in [-0.39, 0.29) is 36.6 Å². The highest BCUT2D eigenvalue weighted by atomic mass is 35.5. The summed E-state index contributed by atoms with van der Waals surface area (Å²) in [5.74, 6) is 0.363. The van der Waals surface area contributed by atoms with Gasteiger partial charge in [-0.3, -0.25) is 4.90 Å². The summed E-state index contributed by atoms with van der Waals surface area (Å²) >= 11 is 0. The summed E-state index contributed by atoms with van der Waals surface area (Å²) in [5, 5.41) is 3.31. The van der Waals surface area contributed by atoms with Gasteiger partial charge in [0.1, 0.15) is 5.75 Å². The third-order valence-electron chi connectivity index (χ3n) is 4.85. The molecule has 1 atom stereocenters. The molecule has 1 N–H and O–H groups in total. The maximum absolute atomic E-state index is 12.8. The van der Waals surface area contributed by atoms with Gasteiger partial charge in [-0.1, -0.05) is 31.0 Å². The van der Waals surface area contributed by atoms with Crippen molar-refractivity contribution < 1.29 is 17.9 Å². The number of rotatable bonds is 4. The average molecular weight is 401 g/mol. The molecule has 0 unspecified atom stereocenters. The Kier molecular flexibility index (Phi) is 8.81. The fourth-order valence-electron chi connectivity index (χ4n) is 3.92. The summed E-state index contributed by atoms with van der Waals surface area (Å²) in [4.78, 5) is 2.32. The Morgan fingerprint density at radius 3 is 2.24 bits per heavy atom. The predicted octanol–water partition coefficient (Wildman–Crippen LogP) is 4.57. The molecule has 1 heterocycles. The first-order valence-corrected chi connectivity index (χ1v) is 8.34. The Labute approximate surface area is 159 Å². The van der Waals surface area contributed by atoms with Gasteiger partial charge >= 0.3 is 6.36 Å². The molecule has 144 valence electrons. The van der Waals surface area contributed by atoms with Crippen LogP contribution in [-0.4, -0.2) is 37.4 Å². The second kappa shape index (κ2) is 9.86. The number of piperazine rings is 1. The van der Waals surface area contributed by atoms with E-state index in [9.17, 15) is 13.2 Å². The average Bonchev–Trinajstić information content (AvgIpc) is 3.03. The summed E-state index contributed by atoms with van der Waals surface area (Å²) in [5.41, 5.74) is 0.679. The van der Waals surface area contributed by atoms with Crippen LogP contribution in [0.15, 0.2) is 24.3 Å². The van der Waals surface area contributed by atoms with Crippen molar-refractivity contribution in [1.29, 1.82) is 0 Å². The summed E-state index contributed by atoms with van der Waals surface area (Å²) in [6.45, 7) is 3.49. The maximum atomic E-state index is 12.8. The van der Waals surface area contributed by atoms with Crippen LogP contribution in [0.5, 0.6) is 5.75 Å². The van der Waals surface area contributed by atoms with E-state index < -0.39 is 6.36 Å². The van der Waals surface area contributed by atoms with Gasteiger partial charge in [-0.25, -0.2) is 0 Å². The first-order chi connectivity index (χ1) is 11.0. The SMILES string of the molecule is Cl.Cl.FC(F)(F)Oc1ccccc1[C@H](C1CCCC1)N1CCNCC1. The van der Waals surface area contributed by atoms with Crippen molar-refractivity contribution in [3.8, 4) is 5.75 Å². The second-order valence-electron chi connectivity index (χ2n) is 6.36. The summed E-state index contributed by atoms with van der Waals surface area (Å²) in [6, 6.07) is 6.66. The number of benzene rings is 1. The maximum Gasteiger partial charge on any atom is 0.573 e. The molecular formula is C17H25Cl2F3N2O. The predicted molar refractivity (Wildman–Crippen MR) is 96.8 cm³/mol. The minimum absolute atomic E-state index is 0. The molecule has 0 amide bonds. The molecule has 1 aromatic rings. The molecule has 0 bridgehead atoms. The molecule has 3 nitrogen and oxygen atoms in total. The zero-order chi connectivity index (χ0) is 16.3. The van der Waals surface area contributed by atoms with Crippen molar-refractivity contribution in [2.45, 2.75) is 38.1 Å². The van der Waals surface area contributed by atoms with Crippen LogP contribution in [0, 0.1) is 5.92 Å². The molecule has 0 aromatic heterocycles. The van der Waals surface area contributed by atoms with Crippen LogP contribution in [0.4, 0.5) is 13.2 Å². The number of para-hydroxylation sites is 1. The zero-order valence-corrected chi connectivity index (χ0v) is 15.6. The molecule has 2 aliphatic rings. The molecule has 1 saturated carbocycles. The van der Waals surface area contributed by atoms with Crippen LogP contribution >= 0.6 is 24.8 Å². The van der Waals surface area contributed by atoms with Crippen molar-refractivity contribution in [1.82, 2.24) is 10.2 Å². The number of nitrogens with zero attached hydrogens (tertiary/aromatic N) is 1. The van der Waals surface area contributed by atoms with Crippen LogP contribution in [0.3, 0.4) is 0 Å². The van der Waals surface area contributed by atoms with Crippen molar-refractivity contribution in [3.05, 3.63) is 29.8 Å². The lowest BCUT2D eigenvalue weighted by atomic mass is 9.89. The molecule has 0 radical (unpaired) electrons. The molecule has 8 heteroatoms. The fourth-order valence-corrected chi connectivity index (χ4v) is 3.92. The van der Waals surface area contributed by atoms with Crippen LogP contribution in [0.1, 0.15) is 37.3 Å². The molecule has 1 aliphatic heterocycles. The van der Waals surface area contributed by atoms with E-state index in [1.165, 1.54) is 6.07 Å². The highest BCUT2D eigenvalue weighted by Crippen LogP contribution is 2.43. The van der Waals surface area contributed by atoms with Crippen LogP contribution in [0.2, 0.25) is 0 Å². The Morgan fingerprint density at radius 2 is 1.64 bits per heavy atom. The molecule has 1 aromatic carbocycles. The summed E-state index contributed by atoms with van der Waals surface area (Å²) in [7, 11) is 0. The van der Waals surface area contributed by atoms with Gasteiger partial charge in [-0.2, -0.15) is 0 Å². The van der Waals surface area contributed by atoms with Gasteiger partial charge in [0.2, 0.25) is 0 Å². The number of hydrogen-bond acceptors (Lipinski definition) is 3. The van der Waals surface area contributed by atoms with Crippen LogP contribution in [-0.2, 0) is 0 Å². The third kappa shape index (κ3) is 5.91. The van der Waals surface area contributed by atoms with Gasteiger partial charge < -0.3 is 10.1 Å². The molecule has 0 spiro atoms. The quantitative estimate of drug-likeness (QED) is 0.801. The monoisotopic (exact) mass is 400 g/mol.